The number of hydrogen-bond donors (Lipinski definition) is 2. The van der Waals surface area contributed by atoms with Gasteiger partial charge in [0.1, 0.15) is 6.07 Å². The van der Waals surface area contributed by atoms with Crippen molar-refractivity contribution in [1.82, 2.24) is 4.72 Å². The molecule has 0 fully saturated rings. The van der Waals surface area contributed by atoms with Crippen LogP contribution in [0.4, 0.5) is 14.5 Å². The van der Waals surface area contributed by atoms with Gasteiger partial charge in [-0.05, 0) is 26.8 Å². The van der Waals surface area contributed by atoms with Gasteiger partial charge in [-0.25, -0.2) is 17.7 Å². The van der Waals surface area contributed by atoms with E-state index in [2.05, 4.69) is 10.0 Å². The zero-order chi connectivity index (χ0) is 16.0. The van der Waals surface area contributed by atoms with Crippen LogP contribution >= 0.6 is 0 Å². The Bertz CT molecular complexity index is 694. The molecule has 1 aromatic rings. The number of nitrogens with zero attached hydrogens (tertiary/aromatic N) is 1. The molecule has 2 N–H and O–H groups in total. The third-order valence-electron chi connectivity index (χ3n) is 3.02. The maximum atomic E-state index is 13.4. The molecule has 0 aliphatic carbocycles. The summed E-state index contributed by atoms with van der Waals surface area (Å²) in [5.74, 6) is -3.14. The van der Waals surface area contributed by atoms with Crippen LogP contribution in [0, 0.1) is 23.0 Å². The third kappa shape index (κ3) is 2.43. The van der Waals surface area contributed by atoms with Crippen molar-refractivity contribution in [3.63, 3.8) is 0 Å². The SMILES string of the molecule is CC(C)(C)S(=O)N[C@@]1(C#N)C(=O)Nc2cc(F)c(F)cc21. The van der Waals surface area contributed by atoms with E-state index in [1.807, 2.05) is 0 Å². The monoisotopic (exact) mass is 313 g/mol. The summed E-state index contributed by atoms with van der Waals surface area (Å²) < 4.78 is 40.5. The lowest BCUT2D eigenvalue weighted by Gasteiger charge is -2.26. The summed E-state index contributed by atoms with van der Waals surface area (Å²) in [5, 5.41) is 11.7. The van der Waals surface area contributed by atoms with Gasteiger partial charge in [0.15, 0.2) is 11.6 Å². The number of hydrogen-bond acceptors (Lipinski definition) is 3. The molecule has 5 nitrogen and oxygen atoms in total. The van der Waals surface area contributed by atoms with Crippen molar-refractivity contribution in [3.8, 4) is 6.07 Å². The van der Waals surface area contributed by atoms with Crippen LogP contribution in [0.15, 0.2) is 12.1 Å². The molecule has 1 unspecified atom stereocenters. The van der Waals surface area contributed by atoms with Crippen molar-refractivity contribution in [1.29, 1.82) is 5.26 Å². The molecular weight excluding hydrogens is 300 g/mol. The highest BCUT2D eigenvalue weighted by molar-refractivity contribution is 7.84. The van der Waals surface area contributed by atoms with Crippen molar-refractivity contribution < 1.29 is 17.8 Å². The largest absolute Gasteiger partial charge is 0.323 e. The lowest BCUT2D eigenvalue weighted by atomic mass is 9.94. The summed E-state index contributed by atoms with van der Waals surface area (Å²) in [4.78, 5) is 12.1. The molecule has 0 saturated carbocycles. The molecule has 112 valence electrons. The minimum absolute atomic E-state index is 0.0149. The van der Waals surface area contributed by atoms with Gasteiger partial charge in [-0.15, -0.1) is 0 Å². The average Bonchev–Trinajstić information content (AvgIpc) is 2.62. The molecule has 1 heterocycles. The van der Waals surface area contributed by atoms with E-state index in [9.17, 15) is 23.0 Å². The molecule has 2 rings (SSSR count). The molecule has 2 atom stereocenters. The lowest BCUT2D eigenvalue weighted by Crippen LogP contribution is -2.51. The van der Waals surface area contributed by atoms with Gasteiger partial charge in [0.05, 0.1) is 21.4 Å². The fourth-order valence-corrected chi connectivity index (χ4v) is 2.66. The Morgan fingerprint density at radius 1 is 1.33 bits per heavy atom. The minimum Gasteiger partial charge on any atom is -0.323 e. The zero-order valence-corrected chi connectivity index (χ0v) is 12.4. The molecule has 8 heteroatoms. The second kappa shape index (κ2) is 4.86. The Balaban J connectivity index is 2.56. The van der Waals surface area contributed by atoms with Gasteiger partial charge in [0, 0.05) is 11.6 Å². The standard InChI is InChI=1S/C13H13F2N3O2S/c1-12(2,3)21(20)18-13(6-16)7-4-8(14)9(15)5-10(7)17-11(13)19/h4-5,18H,1-3H3,(H,17,19)/t13-,21?/m1/s1. The Kier molecular flexibility index (Phi) is 3.59. The van der Waals surface area contributed by atoms with E-state index < -0.39 is 38.8 Å². The van der Waals surface area contributed by atoms with E-state index in [-0.39, 0.29) is 11.3 Å². The summed E-state index contributed by atoms with van der Waals surface area (Å²) in [6.45, 7) is 4.96. The first kappa shape index (κ1) is 15.5. The number of nitriles is 1. The predicted molar refractivity (Wildman–Crippen MR) is 73.3 cm³/mol. The van der Waals surface area contributed by atoms with Crippen LogP contribution < -0.4 is 10.0 Å². The summed E-state index contributed by atoms with van der Waals surface area (Å²) in [5.41, 5.74) is -2.10. The molecule has 0 radical (unpaired) electrons. The molecule has 1 aliphatic rings. The van der Waals surface area contributed by atoms with Crippen molar-refractivity contribution in [2.75, 3.05) is 5.32 Å². The fraction of sp³-hybridized carbons (Fsp3) is 0.385. The number of fused-ring (bicyclic) bond motifs is 1. The number of nitrogens with one attached hydrogen (secondary N) is 2. The van der Waals surface area contributed by atoms with Gasteiger partial charge in [0.2, 0.25) is 5.54 Å². The second-order valence-electron chi connectivity index (χ2n) is 5.61. The highest BCUT2D eigenvalue weighted by Crippen LogP contribution is 2.37. The van der Waals surface area contributed by atoms with Crippen molar-refractivity contribution in [3.05, 3.63) is 29.3 Å². The number of carbonyl (C=O) groups excluding carboxylic acids is 1. The molecule has 21 heavy (non-hydrogen) atoms. The van der Waals surface area contributed by atoms with Gasteiger partial charge in [-0.2, -0.15) is 5.26 Å². The van der Waals surface area contributed by atoms with Crippen LogP contribution in [0.5, 0.6) is 0 Å². The van der Waals surface area contributed by atoms with Crippen LogP contribution in [0.2, 0.25) is 0 Å². The Morgan fingerprint density at radius 2 is 1.90 bits per heavy atom. The third-order valence-corrected chi connectivity index (χ3v) is 4.63. The van der Waals surface area contributed by atoms with Crippen molar-refractivity contribution in [2.45, 2.75) is 31.1 Å². The maximum absolute atomic E-state index is 13.4. The number of amides is 1. The van der Waals surface area contributed by atoms with Crippen LogP contribution in [0.1, 0.15) is 26.3 Å². The lowest BCUT2D eigenvalue weighted by molar-refractivity contribution is -0.119. The highest BCUT2D eigenvalue weighted by atomic mass is 32.2. The number of anilines is 1. The Morgan fingerprint density at radius 3 is 2.43 bits per heavy atom. The molecule has 1 aromatic carbocycles. The van der Waals surface area contributed by atoms with E-state index in [0.717, 1.165) is 12.1 Å². The maximum Gasteiger partial charge on any atom is 0.265 e. The normalized spacial score (nSPS) is 22.4. The van der Waals surface area contributed by atoms with Gasteiger partial charge in [-0.1, -0.05) is 0 Å². The first-order valence-corrected chi connectivity index (χ1v) is 7.19. The number of carbonyl (C=O) groups is 1. The van der Waals surface area contributed by atoms with E-state index in [4.69, 9.17) is 0 Å². The van der Waals surface area contributed by atoms with E-state index in [0.29, 0.717) is 0 Å². The summed E-state index contributed by atoms with van der Waals surface area (Å²) in [6, 6.07) is 3.29. The molecular formula is C13H13F2N3O2S. The first-order valence-electron chi connectivity index (χ1n) is 6.04. The van der Waals surface area contributed by atoms with Gasteiger partial charge in [0.25, 0.3) is 5.91 Å². The molecule has 0 bridgehead atoms. The Labute approximate surface area is 122 Å². The Hall–Kier alpha value is -1.85. The second-order valence-corrected chi connectivity index (χ2v) is 7.58. The molecule has 1 aliphatic heterocycles. The smallest absolute Gasteiger partial charge is 0.265 e. The van der Waals surface area contributed by atoms with E-state index >= 15 is 0 Å². The van der Waals surface area contributed by atoms with Crippen molar-refractivity contribution in [2.24, 2.45) is 0 Å². The first-order chi connectivity index (χ1) is 9.61. The van der Waals surface area contributed by atoms with Crippen LogP contribution in [0.25, 0.3) is 0 Å². The summed E-state index contributed by atoms with van der Waals surface area (Å²) in [7, 11) is -1.76. The van der Waals surface area contributed by atoms with Gasteiger partial charge in [-0.3, -0.25) is 4.79 Å². The van der Waals surface area contributed by atoms with Gasteiger partial charge < -0.3 is 5.32 Å². The fourth-order valence-electron chi connectivity index (χ4n) is 1.83. The summed E-state index contributed by atoms with van der Waals surface area (Å²) in [6.07, 6.45) is 0. The van der Waals surface area contributed by atoms with Crippen LogP contribution in [-0.2, 0) is 21.3 Å². The van der Waals surface area contributed by atoms with Crippen molar-refractivity contribution >= 4 is 22.6 Å². The number of benzene rings is 1. The van der Waals surface area contributed by atoms with E-state index in [1.165, 1.54) is 0 Å². The minimum atomic E-state index is -2.01. The predicted octanol–water partition coefficient (Wildman–Crippen LogP) is 1.69. The molecule has 0 spiro atoms. The molecule has 0 aromatic heterocycles. The van der Waals surface area contributed by atoms with Crippen LogP contribution in [0.3, 0.4) is 0 Å². The van der Waals surface area contributed by atoms with Gasteiger partial charge >= 0.3 is 0 Å². The number of halogens is 2. The average molecular weight is 313 g/mol. The van der Waals surface area contributed by atoms with Crippen LogP contribution in [-0.4, -0.2) is 14.9 Å². The molecule has 1 amide bonds. The zero-order valence-electron chi connectivity index (χ0n) is 11.6. The summed E-state index contributed by atoms with van der Waals surface area (Å²) >= 11 is 0. The molecule has 0 saturated heterocycles. The topological polar surface area (TPSA) is 82.0 Å². The highest BCUT2D eigenvalue weighted by Gasteiger charge is 2.50. The van der Waals surface area contributed by atoms with E-state index in [1.54, 1.807) is 26.8 Å². The number of rotatable bonds is 2. The quantitative estimate of drug-likeness (QED) is 0.871.